The van der Waals surface area contributed by atoms with Crippen LogP contribution in [0.4, 0.5) is 10.1 Å². The summed E-state index contributed by atoms with van der Waals surface area (Å²) in [6.45, 7) is 2.63. The van der Waals surface area contributed by atoms with Crippen LogP contribution in [0.5, 0.6) is 0 Å². The molecule has 4 aromatic heterocycles. The van der Waals surface area contributed by atoms with Gasteiger partial charge in [-0.1, -0.05) is 6.42 Å². The second-order valence-corrected chi connectivity index (χ2v) is 8.99. The first-order chi connectivity index (χ1) is 17.5. The normalized spacial score (nSPS) is 13.5. The average Bonchev–Trinajstić information content (AvgIpc) is 3.57. The van der Waals surface area contributed by atoms with Crippen LogP contribution in [0.3, 0.4) is 0 Å². The molecule has 1 amide bonds. The molecule has 1 aromatic carbocycles. The van der Waals surface area contributed by atoms with Gasteiger partial charge in [0.15, 0.2) is 17.2 Å². The summed E-state index contributed by atoms with van der Waals surface area (Å²) in [7, 11) is 1.76. The SMILES string of the molecule is Cc1nn(C)c2nc(-c3ccco3)cc(C(=O)Nc3cc(-c4nnc5n4CCCCC5)ccc3F)c12. The third kappa shape index (κ3) is 3.74. The number of nitrogens with one attached hydrogen (secondary N) is 1. The van der Waals surface area contributed by atoms with Gasteiger partial charge in [-0.25, -0.2) is 9.37 Å². The predicted molar refractivity (Wildman–Crippen MR) is 132 cm³/mol. The van der Waals surface area contributed by atoms with Gasteiger partial charge >= 0.3 is 0 Å². The molecule has 0 unspecified atom stereocenters. The van der Waals surface area contributed by atoms with Gasteiger partial charge in [-0.15, -0.1) is 10.2 Å². The van der Waals surface area contributed by atoms with E-state index < -0.39 is 11.7 Å². The molecule has 0 saturated heterocycles. The molecule has 1 N–H and O–H groups in total. The Kier molecular flexibility index (Phi) is 5.36. The Morgan fingerprint density at radius 2 is 2.03 bits per heavy atom. The second-order valence-electron chi connectivity index (χ2n) is 8.99. The first-order valence-electron chi connectivity index (χ1n) is 11.9. The van der Waals surface area contributed by atoms with E-state index in [9.17, 15) is 9.18 Å². The number of pyridine rings is 1. The molecule has 0 aliphatic carbocycles. The summed E-state index contributed by atoms with van der Waals surface area (Å²) in [5, 5.41) is 16.5. The summed E-state index contributed by atoms with van der Waals surface area (Å²) in [6.07, 6.45) is 5.68. The quantitative estimate of drug-likeness (QED) is 0.388. The molecule has 0 atom stereocenters. The number of rotatable bonds is 4. The summed E-state index contributed by atoms with van der Waals surface area (Å²) in [4.78, 5) is 18.2. The maximum absolute atomic E-state index is 14.9. The van der Waals surface area contributed by atoms with Crippen LogP contribution in [-0.2, 0) is 20.0 Å². The molecule has 1 aliphatic rings. The van der Waals surface area contributed by atoms with Crippen LogP contribution in [-0.4, -0.2) is 35.4 Å². The molecule has 0 bridgehead atoms. The number of hydrogen-bond donors (Lipinski definition) is 1. The lowest BCUT2D eigenvalue weighted by atomic mass is 10.1. The largest absolute Gasteiger partial charge is 0.463 e. The van der Waals surface area contributed by atoms with Gasteiger partial charge in [0.1, 0.15) is 17.3 Å². The van der Waals surface area contributed by atoms with Crippen molar-refractivity contribution in [1.82, 2.24) is 29.5 Å². The van der Waals surface area contributed by atoms with Crippen molar-refractivity contribution in [3.8, 4) is 22.8 Å². The van der Waals surface area contributed by atoms with Gasteiger partial charge < -0.3 is 14.3 Å². The summed E-state index contributed by atoms with van der Waals surface area (Å²) >= 11 is 0. The average molecular weight is 486 g/mol. The molecule has 0 radical (unpaired) electrons. The van der Waals surface area contributed by atoms with Crippen LogP contribution in [0.2, 0.25) is 0 Å². The highest BCUT2D eigenvalue weighted by atomic mass is 19.1. The molecule has 10 heteroatoms. The van der Waals surface area contributed by atoms with E-state index in [1.54, 1.807) is 48.3 Å². The van der Waals surface area contributed by atoms with Gasteiger partial charge in [0, 0.05) is 25.6 Å². The van der Waals surface area contributed by atoms with Crippen molar-refractivity contribution in [1.29, 1.82) is 0 Å². The van der Waals surface area contributed by atoms with Gasteiger partial charge in [-0.05, 0) is 56.2 Å². The molecule has 6 rings (SSSR count). The maximum Gasteiger partial charge on any atom is 0.256 e. The minimum absolute atomic E-state index is 0.0644. The highest BCUT2D eigenvalue weighted by Crippen LogP contribution is 2.30. The van der Waals surface area contributed by atoms with Gasteiger partial charge in [-0.2, -0.15) is 5.10 Å². The summed E-state index contributed by atoms with van der Waals surface area (Å²) in [5.74, 6) is 1.13. The number of furan rings is 1. The van der Waals surface area contributed by atoms with Crippen molar-refractivity contribution in [2.45, 2.75) is 39.2 Å². The van der Waals surface area contributed by atoms with E-state index in [1.165, 1.54) is 6.07 Å². The van der Waals surface area contributed by atoms with Crippen LogP contribution in [0, 0.1) is 12.7 Å². The Balaban J connectivity index is 1.40. The lowest BCUT2D eigenvalue weighted by Crippen LogP contribution is -2.14. The molecule has 1 aliphatic heterocycles. The fourth-order valence-corrected chi connectivity index (χ4v) is 4.82. The number of aromatic nitrogens is 6. The Labute approximate surface area is 206 Å². The number of aryl methyl sites for hydroxylation is 3. The Bertz CT molecular complexity index is 1600. The molecule has 0 saturated carbocycles. The number of carbonyl (C=O) groups is 1. The van der Waals surface area contributed by atoms with Crippen molar-refractivity contribution in [2.24, 2.45) is 7.05 Å². The molecule has 0 fully saturated rings. The Morgan fingerprint density at radius 3 is 2.86 bits per heavy atom. The first-order valence-corrected chi connectivity index (χ1v) is 11.9. The highest BCUT2D eigenvalue weighted by molar-refractivity contribution is 6.13. The fraction of sp³-hybridized carbons (Fsp3) is 0.269. The third-order valence-corrected chi connectivity index (χ3v) is 6.57. The number of hydrogen-bond acceptors (Lipinski definition) is 6. The van der Waals surface area contributed by atoms with E-state index >= 15 is 0 Å². The maximum atomic E-state index is 14.9. The smallest absolute Gasteiger partial charge is 0.256 e. The van der Waals surface area contributed by atoms with Crippen LogP contribution < -0.4 is 5.32 Å². The zero-order valence-corrected chi connectivity index (χ0v) is 20.0. The Morgan fingerprint density at radius 1 is 1.14 bits per heavy atom. The van der Waals surface area contributed by atoms with E-state index in [1.807, 2.05) is 6.92 Å². The second kappa shape index (κ2) is 8.71. The predicted octanol–water partition coefficient (Wildman–Crippen LogP) is 4.91. The zero-order chi connectivity index (χ0) is 24.8. The summed E-state index contributed by atoms with van der Waals surface area (Å²) < 4.78 is 24.1. The number of amides is 1. The van der Waals surface area contributed by atoms with E-state index in [0.717, 1.165) is 38.1 Å². The molecule has 5 heterocycles. The van der Waals surface area contributed by atoms with E-state index in [-0.39, 0.29) is 5.69 Å². The van der Waals surface area contributed by atoms with Crippen molar-refractivity contribution < 1.29 is 13.6 Å². The number of fused-ring (bicyclic) bond motifs is 2. The van der Waals surface area contributed by atoms with Gasteiger partial charge in [0.05, 0.1) is 28.6 Å². The molecule has 9 nitrogen and oxygen atoms in total. The van der Waals surface area contributed by atoms with Gasteiger partial charge in [0.25, 0.3) is 5.91 Å². The Hall–Kier alpha value is -4.34. The summed E-state index contributed by atoms with van der Waals surface area (Å²) in [5.41, 5.74) is 2.76. The van der Waals surface area contributed by atoms with Crippen molar-refractivity contribution in [3.05, 3.63) is 65.6 Å². The van der Waals surface area contributed by atoms with Gasteiger partial charge in [0.2, 0.25) is 0 Å². The van der Waals surface area contributed by atoms with Crippen LogP contribution >= 0.6 is 0 Å². The monoisotopic (exact) mass is 485 g/mol. The minimum atomic E-state index is -0.540. The van der Waals surface area contributed by atoms with Crippen molar-refractivity contribution >= 4 is 22.6 Å². The summed E-state index contributed by atoms with van der Waals surface area (Å²) in [6, 6.07) is 9.78. The number of anilines is 1. The molecular formula is C26H24FN7O2. The lowest BCUT2D eigenvalue weighted by Gasteiger charge is -2.12. The van der Waals surface area contributed by atoms with Crippen LogP contribution in [0.25, 0.3) is 33.9 Å². The van der Waals surface area contributed by atoms with E-state index in [2.05, 4.69) is 30.2 Å². The van der Waals surface area contributed by atoms with Crippen molar-refractivity contribution in [2.75, 3.05) is 5.32 Å². The minimum Gasteiger partial charge on any atom is -0.463 e. The molecule has 0 spiro atoms. The van der Waals surface area contributed by atoms with Crippen molar-refractivity contribution in [3.63, 3.8) is 0 Å². The highest BCUT2D eigenvalue weighted by Gasteiger charge is 2.22. The van der Waals surface area contributed by atoms with E-state index in [0.29, 0.717) is 45.1 Å². The number of halogens is 1. The van der Waals surface area contributed by atoms with E-state index in [4.69, 9.17) is 4.42 Å². The van der Waals surface area contributed by atoms with Crippen LogP contribution in [0.1, 0.15) is 41.1 Å². The molecule has 182 valence electrons. The standard InChI is InChI=1S/C26H24FN7O2/c1-15-23-17(14-20(21-7-6-12-36-21)28-25(23)33(2)32-15)26(35)29-19-13-16(9-10-18(19)27)24-31-30-22-8-4-3-5-11-34(22)24/h6-7,9-10,12-14H,3-5,8,11H2,1-2H3,(H,29,35). The molecule has 36 heavy (non-hydrogen) atoms. The molecular weight excluding hydrogens is 461 g/mol. The number of benzene rings is 1. The third-order valence-electron chi connectivity index (χ3n) is 6.57. The molecule has 5 aromatic rings. The van der Waals surface area contributed by atoms with Crippen LogP contribution in [0.15, 0.2) is 47.1 Å². The fourth-order valence-electron chi connectivity index (χ4n) is 4.82. The lowest BCUT2D eigenvalue weighted by molar-refractivity contribution is 0.102. The number of carbonyl (C=O) groups excluding carboxylic acids is 1. The first kappa shape index (κ1) is 22.1. The van der Waals surface area contributed by atoms with Gasteiger partial charge in [-0.3, -0.25) is 9.48 Å². The topological polar surface area (TPSA) is 104 Å². The number of nitrogens with zero attached hydrogens (tertiary/aromatic N) is 6. The zero-order valence-electron chi connectivity index (χ0n) is 20.0.